The van der Waals surface area contributed by atoms with E-state index in [1.165, 1.54) is 17.3 Å². The third-order valence-electron chi connectivity index (χ3n) is 2.87. The molecule has 6 nitrogen and oxygen atoms in total. The van der Waals surface area contributed by atoms with Gasteiger partial charge in [-0.15, -0.1) is 0 Å². The van der Waals surface area contributed by atoms with Gasteiger partial charge in [-0.25, -0.2) is 4.79 Å². The summed E-state index contributed by atoms with van der Waals surface area (Å²) in [7, 11) is 0. The van der Waals surface area contributed by atoms with Gasteiger partial charge in [-0.05, 0) is 34.1 Å². The van der Waals surface area contributed by atoms with Crippen LogP contribution in [0.2, 0.25) is 0 Å². The molecule has 0 unspecified atom stereocenters. The lowest BCUT2D eigenvalue weighted by molar-refractivity contribution is -0.121. The number of carbonyl (C=O) groups is 2. The van der Waals surface area contributed by atoms with E-state index in [1.807, 2.05) is 6.07 Å². The number of carbonyl (C=O) groups excluding carboxylic acids is 2. The smallest absolute Gasteiger partial charge is 0.340 e. The van der Waals surface area contributed by atoms with Crippen molar-refractivity contribution in [2.75, 3.05) is 18.1 Å². The van der Waals surface area contributed by atoms with E-state index < -0.39 is 18.5 Å². The van der Waals surface area contributed by atoms with E-state index in [0.717, 1.165) is 0 Å². The zero-order valence-electron chi connectivity index (χ0n) is 12.0. The van der Waals surface area contributed by atoms with E-state index in [-0.39, 0.29) is 12.1 Å². The van der Waals surface area contributed by atoms with Crippen LogP contribution in [-0.2, 0) is 9.53 Å². The number of hydrogen-bond donors (Lipinski definition) is 0. The van der Waals surface area contributed by atoms with E-state index in [1.54, 1.807) is 36.4 Å². The second-order valence-electron chi connectivity index (χ2n) is 4.44. The van der Waals surface area contributed by atoms with Gasteiger partial charge in [0.05, 0.1) is 11.6 Å². The van der Waals surface area contributed by atoms with Crippen molar-refractivity contribution in [1.82, 2.24) is 4.98 Å². The quantitative estimate of drug-likeness (QED) is 0.593. The molecule has 0 atom stereocenters. The normalized spacial score (nSPS) is 9.74. The summed E-state index contributed by atoms with van der Waals surface area (Å²) in [5, 5.41) is 8.87. The average Bonchev–Trinajstić information content (AvgIpc) is 2.58. The Hall–Kier alpha value is -2.72. The zero-order valence-corrected chi connectivity index (χ0v) is 13.6. The zero-order chi connectivity index (χ0) is 16.7. The largest absolute Gasteiger partial charge is 0.452 e. The van der Waals surface area contributed by atoms with Crippen LogP contribution in [-0.4, -0.2) is 30.0 Å². The molecule has 0 aliphatic carbocycles. The number of nitrogens with zero attached hydrogens (tertiary/aromatic N) is 3. The molecule has 0 aliphatic rings. The van der Waals surface area contributed by atoms with Crippen LogP contribution in [0, 0.1) is 11.3 Å². The van der Waals surface area contributed by atoms with Crippen molar-refractivity contribution in [3.63, 3.8) is 0 Å². The van der Waals surface area contributed by atoms with E-state index >= 15 is 0 Å². The monoisotopic (exact) mass is 373 g/mol. The van der Waals surface area contributed by atoms with Gasteiger partial charge >= 0.3 is 5.97 Å². The molecule has 1 amide bonds. The van der Waals surface area contributed by atoms with E-state index in [0.29, 0.717) is 10.2 Å². The average molecular weight is 374 g/mol. The highest BCUT2D eigenvalue weighted by atomic mass is 79.9. The molecule has 2 rings (SSSR count). The maximum atomic E-state index is 12.2. The summed E-state index contributed by atoms with van der Waals surface area (Å²) in [6.07, 6.45) is 2.88. The van der Waals surface area contributed by atoms with Gasteiger partial charge in [-0.3, -0.25) is 14.7 Å². The van der Waals surface area contributed by atoms with E-state index in [9.17, 15) is 9.59 Å². The van der Waals surface area contributed by atoms with Crippen LogP contribution in [0.5, 0.6) is 0 Å². The first-order valence-corrected chi connectivity index (χ1v) is 7.41. The van der Waals surface area contributed by atoms with Gasteiger partial charge < -0.3 is 4.74 Å². The first-order valence-electron chi connectivity index (χ1n) is 6.62. The van der Waals surface area contributed by atoms with Crippen molar-refractivity contribution in [3.8, 4) is 6.07 Å². The number of benzene rings is 1. The van der Waals surface area contributed by atoms with Crippen LogP contribution < -0.4 is 4.90 Å². The molecule has 116 valence electrons. The number of nitriles is 1. The highest BCUT2D eigenvalue weighted by Gasteiger charge is 2.18. The summed E-state index contributed by atoms with van der Waals surface area (Å²) < 4.78 is 5.63. The summed E-state index contributed by atoms with van der Waals surface area (Å²) in [6, 6.07) is 12.2. The van der Waals surface area contributed by atoms with Gasteiger partial charge in [0.1, 0.15) is 6.54 Å². The molecule has 1 aromatic carbocycles. The highest BCUT2D eigenvalue weighted by molar-refractivity contribution is 9.10. The first-order chi connectivity index (χ1) is 11.1. The van der Waals surface area contributed by atoms with Gasteiger partial charge in [0.25, 0.3) is 5.91 Å². The van der Waals surface area contributed by atoms with Crippen molar-refractivity contribution in [1.29, 1.82) is 5.26 Å². The van der Waals surface area contributed by atoms with E-state index in [2.05, 4.69) is 20.9 Å². The number of rotatable bonds is 5. The Morgan fingerprint density at radius 1 is 1.26 bits per heavy atom. The summed E-state index contributed by atoms with van der Waals surface area (Å²) in [6.45, 7) is -0.583. The highest BCUT2D eigenvalue weighted by Crippen LogP contribution is 2.14. The number of halogens is 1. The molecule has 0 aliphatic heterocycles. The van der Waals surface area contributed by atoms with Crippen LogP contribution in [0.15, 0.2) is 53.3 Å². The Morgan fingerprint density at radius 3 is 2.65 bits per heavy atom. The maximum Gasteiger partial charge on any atom is 0.340 e. The first kappa shape index (κ1) is 16.6. The summed E-state index contributed by atoms with van der Waals surface area (Å²) in [5.74, 6) is -1.13. The molecule has 0 bridgehead atoms. The second-order valence-corrected chi connectivity index (χ2v) is 5.36. The molecule has 0 saturated heterocycles. The van der Waals surface area contributed by atoms with E-state index in [4.69, 9.17) is 10.00 Å². The third kappa shape index (κ3) is 4.63. The Morgan fingerprint density at radius 2 is 2.00 bits per heavy atom. The fourth-order valence-electron chi connectivity index (χ4n) is 1.81. The van der Waals surface area contributed by atoms with Crippen molar-refractivity contribution in [2.45, 2.75) is 0 Å². The Labute approximate surface area is 141 Å². The van der Waals surface area contributed by atoms with Crippen molar-refractivity contribution < 1.29 is 14.3 Å². The van der Waals surface area contributed by atoms with Crippen molar-refractivity contribution in [2.24, 2.45) is 0 Å². The lowest BCUT2D eigenvalue weighted by atomic mass is 10.3. The molecule has 7 heteroatoms. The summed E-state index contributed by atoms with van der Waals surface area (Å²) in [5.41, 5.74) is 0.804. The number of pyridine rings is 1. The Bertz CT molecular complexity index is 744. The SMILES string of the molecule is N#CCN(C(=O)COC(=O)c1cncc(Br)c1)c1ccccc1. The minimum atomic E-state index is -0.655. The number of amides is 1. The van der Waals surface area contributed by atoms with Crippen LogP contribution in [0.4, 0.5) is 5.69 Å². The summed E-state index contributed by atoms with van der Waals surface area (Å²) in [4.78, 5) is 29.2. The lowest BCUT2D eigenvalue weighted by Gasteiger charge is -2.19. The van der Waals surface area contributed by atoms with Gasteiger partial charge in [-0.2, -0.15) is 5.26 Å². The molecule has 0 spiro atoms. The lowest BCUT2D eigenvalue weighted by Crippen LogP contribution is -2.35. The Balaban J connectivity index is 2.02. The molecule has 0 radical (unpaired) electrons. The van der Waals surface area contributed by atoms with Crippen LogP contribution in [0.25, 0.3) is 0 Å². The summed E-state index contributed by atoms with van der Waals surface area (Å²) >= 11 is 3.20. The molecule has 2 aromatic rings. The van der Waals surface area contributed by atoms with Gasteiger partial charge in [0.15, 0.2) is 6.61 Å². The molecular formula is C16H12BrN3O3. The number of anilines is 1. The number of para-hydroxylation sites is 1. The van der Waals surface area contributed by atoms with Crippen LogP contribution in [0.3, 0.4) is 0 Å². The number of esters is 1. The fraction of sp³-hybridized carbons (Fsp3) is 0.125. The maximum absolute atomic E-state index is 12.2. The van der Waals surface area contributed by atoms with Gasteiger partial charge in [0, 0.05) is 22.6 Å². The molecule has 0 saturated carbocycles. The fourth-order valence-corrected chi connectivity index (χ4v) is 2.18. The second kappa shape index (κ2) is 8.06. The topological polar surface area (TPSA) is 83.3 Å². The molecule has 1 aromatic heterocycles. The molecule has 0 N–H and O–H groups in total. The molecular weight excluding hydrogens is 362 g/mol. The van der Waals surface area contributed by atoms with Gasteiger partial charge in [0.2, 0.25) is 0 Å². The Kier molecular flexibility index (Phi) is 5.83. The molecule has 0 fully saturated rings. The van der Waals surface area contributed by atoms with Crippen molar-refractivity contribution >= 4 is 33.5 Å². The standard InChI is InChI=1S/C16H12BrN3O3/c17-13-8-12(9-19-10-13)16(22)23-11-15(21)20(7-6-18)14-4-2-1-3-5-14/h1-5,8-10H,7,11H2. The van der Waals surface area contributed by atoms with Gasteiger partial charge in [-0.1, -0.05) is 18.2 Å². The van der Waals surface area contributed by atoms with Crippen molar-refractivity contribution in [3.05, 3.63) is 58.8 Å². The number of aromatic nitrogens is 1. The third-order valence-corrected chi connectivity index (χ3v) is 3.30. The number of ether oxygens (including phenoxy) is 1. The minimum absolute atomic E-state index is 0.126. The van der Waals surface area contributed by atoms with Crippen LogP contribution >= 0.6 is 15.9 Å². The van der Waals surface area contributed by atoms with Crippen LogP contribution in [0.1, 0.15) is 10.4 Å². The molecule has 23 heavy (non-hydrogen) atoms. The predicted molar refractivity (Wildman–Crippen MR) is 86.6 cm³/mol. The molecule has 1 heterocycles. The predicted octanol–water partition coefficient (Wildman–Crippen LogP) is 2.56. The number of hydrogen-bond acceptors (Lipinski definition) is 5. The minimum Gasteiger partial charge on any atom is -0.452 e.